The molecule has 0 fully saturated rings. The van der Waals surface area contributed by atoms with E-state index in [4.69, 9.17) is 37.9 Å². The van der Waals surface area contributed by atoms with Crippen molar-refractivity contribution in [2.75, 3.05) is 13.2 Å². The van der Waals surface area contributed by atoms with E-state index in [1.165, 1.54) is 13.8 Å². The largest absolute Gasteiger partial charge is 0.464 e. The molecular formula is C59H102O16. The Morgan fingerprint density at radius 2 is 0.800 bits per heavy atom. The van der Waals surface area contributed by atoms with E-state index in [2.05, 4.69) is 13.2 Å². The van der Waals surface area contributed by atoms with Crippen LogP contribution in [0.3, 0.4) is 0 Å². The van der Waals surface area contributed by atoms with Crippen molar-refractivity contribution >= 4 is 53.8 Å². The maximum atomic E-state index is 12.9. The average molecular weight is 1070 g/mol. The molecule has 434 valence electrons. The van der Waals surface area contributed by atoms with E-state index in [1.54, 1.807) is 113 Å². The Morgan fingerprint density at radius 1 is 0.493 bits per heavy atom. The molecule has 2 atom stereocenters. The monoisotopic (exact) mass is 1070 g/mol. The van der Waals surface area contributed by atoms with Crippen LogP contribution in [0.1, 0.15) is 193 Å². The van der Waals surface area contributed by atoms with Crippen LogP contribution in [0.15, 0.2) is 67.8 Å². The van der Waals surface area contributed by atoms with Gasteiger partial charge in [-0.15, -0.1) is 0 Å². The topological polar surface area (TPSA) is 210 Å². The van der Waals surface area contributed by atoms with Crippen LogP contribution in [0.4, 0.5) is 0 Å². The molecule has 2 unspecified atom stereocenters. The van der Waals surface area contributed by atoms with E-state index in [1.807, 2.05) is 38.1 Å². The molecule has 0 spiro atoms. The third-order valence-electron chi connectivity index (χ3n) is 8.27. The van der Waals surface area contributed by atoms with Crippen molar-refractivity contribution in [2.24, 2.45) is 17.8 Å². The first-order chi connectivity index (χ1) is 31.1. The van der Waals surface area contributed by atoms with Gasteiger partial charge in [-0.05, 0) is 137 Å². The van der Waals surface area contributed by atoms with Crippen molar-refractivity contribution in [3.63, 3.8) is 0 Å². The average Bonchev–Trinajstić information content (AvgIpc) is 3.17. The first-order valence-electron chi connectivity index (χ1n) is 22.2. The third-order valence-corrected chi connectivity index (χ3v) is 8.27. The van der Waals surface area contributed by atoms with Gasteiger partial charge in [0, 0.05) is 19.9 Å². The predicted molar refractivity (Wildman–Crippen MR) is 302 cm³/mol. The Morgan fingerprint density at radius 3 is 1.07 bits per heavy atom. The molecule has 0 aliphatic carbocycles. The van der Waals surface area contributed by atoms with Gasteiger partial charge in [-0.2, -0.15) is 0 Å². The Kier molecular flexibility index (Phi) is 44.6. The highest BCUT2D eigenvalue weighted by Gasteiger charge is 2.38. The maximum Gasteiger partial charge on any atom is 0.330 e. The van der Waals surface area contributed by atoms with E-state index in [-0.39, 0.29) is 63.9 Å². The van der Waals surface area contributed by atoms with Gasteiger partial charge in [0.15, 0.2) is 11.8 Å². The molecule has 16 nitrogen and oxygen atoms in total. The molecular weight excluding hydrogens is 965 g/mol. The summed E-state index contributed by atoms with van der Waals surface area (Å²) in [5, 5.41) is 0. The summed E-state index contributed by atoms with van der Waals surface area (Å²) >= 11 is 0. The fraction of sp³-hybridized carbons (Fsp3) is 0.593. The van der Waals surface area contributed by atoms with E-state index >= 15 is 0 Å². The van der Waals surface area contributed by atoms with E-state index < -0.39 is 95.2 Å². The first kappa shape index (κ1) is 85.4. The maximum absolute atomic E-state index is 12.9. The lowest BCUT2D eigenvalue weighted by molar-refractivity contribution is -0.181. The zero-order valence-electron chi connectivity index (χ0n) is 42.9. The minimum atomic E-state index is -1.37. The molecule has 0 N–H and O–H groups in total. The third kappa shape index (κ3) is 39.8. The molecule has 0 amide bonds. The second-order valence-corrected chi connectivity index (χ2v) is 19.5. The second-order valence-electron chi connectivity index (χ2n) is 19.5. The Labute approximate surface area is 454 Å². The zero-order valence-corrected chi connectivity index (χ0v) is 42.9. The van der Waals surface area contributed by atoms with Crippen LogP contribution in [0.2, 0.25) is 0 Å². The van der Waals surface area contributed by atoms with Gasteiger partial charge in [0.05, 0.1) is 5.92 Å². The van der Waals surface area contributed by atoms with Crippen LogP contribution in [0, 0.1) is 17.8 Å². The molecule has 16 heteroatoms. The normalized spacial score (nSPS) is 11.1. The van der Waals surface area contributed by atoms with Crippen molar-refractivity contribution in [3.05, 3.63) is 78.9 Å². The van der Waals surface area contributed by atoms with Crippen molar-refractivity contribution in [2.45, 2.75) is 204 Å². The number of carbonyl (C=O) groups excluding carboxylic acids is 8. The molecule has 2 aromatic rings. The van der Waals surface area contributed by atoms with Gasteiger partial charge in [-0.25, -0.2) is 4.79 Å². The smallest absolute Gasteiger partial charge is 0.330 e. The van der Waals surface area contributed by atoms with Gasteiger partial charge in [-0.3, -0.25) is 33.6 Å². The van der Waals surface area contributed by atoms with E-state index in [0.29, 0.717) is 24.3 Å². The highest BCUT2D eigenvalue weighted by atomic mass is 16.6. The Hall–Kier alpha value is -6.32. The SMILES string of the molecule is C.C.C.C.C.C.C.C=CC(=O)OCC(C(=O)OC(C)(C)C)C(=O)OC(C)(C)C.C=Cc1ccc(OC(C)=O)cc1.CCC(CC(C)c1ccc(OC(C)=O)cc1)C(=O)OCC(C(=O)OC(C)(C)C)C(=O)OC(C)(C)C. The number of carbonyl (C=O) groups is 8. The fourth-order valence-corrected chi connectivity index (χ4v) is 5.32. The Bertz CT molecular complexity index is 1950. The summed E-state index contributed by atoms with van der Waals surface area (Å²) in [5.74, 6) is -7.21. The lowest BCUT2D eigenvalue weighted by Gasteiger charge is -2.26. The molecule has 0 aliphatic rings. The number of rotatable bonds is 17. The lowest BCUT2D eigenvalue weighted by Crippen LogP contribution is -2.40. The van der Waals surface area contributed by atoms with Crippen LogP contribution in [0.25, 0.3) is 6.08 Å². The molecule has 75 heavy (non-hydrogen) atoms. The first-order valence-corrected chi connectivity index (χ1v) is 22.2. The number of ether oxygens (including phenoxy) is 8. The number of hydrogen-bond acceptors (Lipinski definition) is 16. The molecule has 0 aromatic heterocycles. The van der Waals surface area contributed by atoms with Crippen LogP contribution < -0.4 is 9.47 Å². The zero-order chi connectivity index (χ0) is 52.8. The van der Waals surface area contributed by atoms with Gasteiger partial charge in [0.25, 0.3) is 0 Å². The summed E-state index contributed by atoms with van der Waals surface area (Å²) in [5.41, 5.74) is -1.17. The van der Waals surface area contributed by atoms with E-state index in [0.717, 1.165) is 17.2 Å². The molecule has 0 saturated heterocycles. The van der Waals surface area contributed by atoms with Gasteiger partial charge in [0.1, 0.15) is 47.1 Å². The van der Waals surface area contributed by atoms with Crippen molar-refractivity contribution in [1.29, 1.82) is 0 Å². The van der Waals surface area contributed by atoms with Gasteiger partial charge >= 0.3 is 47.8 Å². The molecule has 0 radical (unpaired) electrons. The van der Waals surface area contributed by atoms with E-state index in [9.17, 15) is 38.4 Å². The predicted octanol–water partition coefficient (Wildman–Crippen LogP) is 13.7. The number of esters is 8. The highest BCUT2D eigenvalue weighted by molar-refractivity contribution is 5.96. The van der Waals surface area contributed by atoms with Crippen molar-refractivity contribution in [3.8, 4) is 11.5 Å². The number of benzene rings is 2. The quantitative estimate of drug-likeness (QED) is 0.0474. The molecule has 2 aromatic carbocycles. The lowest BCUT2D eigenvalue weighted by atomic mass is 9.89. The standard InChI is InChI=1S/C27H40O8.C15H24O6.C10H10O2.7CH4/c1-10-19(15-17(2)20-11-13-21(14-12-20)33-18(3)28)23(29)32-16-22(24(30)34-26(4,5)6)25(31)35-27(7,8)9;1-8-11(16)19-9-10(12(17)20-14(2,3)4)13(18)21-15(5,6)7;1-3-9-4-6-10(7-5-9)12-8(2)11;;;;;;;/h11-14,17,19,22H,10,15-16H2,1-9H3;8,10H,1,9H2,2-7H3;3-7H,1H2,2H3;7*1H4. The van der Waals surface area contributed by atoms with Crippen LogP contribution in [-0.2, 0) is 66.8 Å². The van der Waals surface area contributed by atoms with Crippen LogP contribution in [-0.4, -0.2) is 83.4 Å². The minimum absolute atomic E-state index is 0. The number of hydrogen-bond donors (Lipinski definition) is 0. The van der Waals surface area contributed by atoms with Gasteiger partial charge in [0.2, 0.25) is 0 Å². The highest BCUT2D eigenvalue weighted by Crippen LogP contribution is 2.28. The minimum Gasteiger partial charge on any atom is -0.464 e. The summed E-state index contributed by atoms with van der Waals surface area (Å²) in [4.78, 5) is 94.9. The summed E-state index contributed by atoms with van der Waals surface area (Å²) in [6, 6.07) is 14.3. The van der Waals surface area contributed by atoms with Gasteiger partial charge in [-0.1, -0.05) is 109 Å². The summed E-state index contributed by atoms with van der Waals surface area (Å²) in [6.45, 7) is 32.7. The van der Waals surface area contributed by atoms with Crippen LogP contribution >= 0.6 is 0 Å². The molecule has 0 heterocycles. The van der Waals surface area contributed by atoms with Crippen molar-refractivity contribution < 1.29 is 76.3 Å². The summed E-state index contributed by atoms with van der Waals surface area (Å²) in [6.07, 6.45) is 3.71. The second kappa shape index (κ2) is 39.1. The van der Waals surface area contributed by atoms with Crippen molar-refractivity contribution in [1.82, 2.24) is 0 Å². The molecule has 2 rings (SSSR count). The van der Waals surface area contributed by atoms with Crippen LogP contribution in [0.5, 0.6) is 11.5 Å². The Balaban J connectivity index is -0.000000160. The molecule has 0 aliphatic heterocycles. The van der Waals surface area contributed by atoms with Gasteiger partial charge < -0.3 is 37.9 Å². The fourth-order valence-electron chi connectivity index (χ4n) is 5.32. The molecule has 0 bridgehead atoms. The molecule has 0 saturated carbocycles. The summed E-state index contributed by atoms with van der Waals surface area (Å²) < 4.78 is 41.1. The summed E-state index contributed by atoms with van der Waals surface area (Å²) in [7, 11) is 0.